The van der Waals surface area contributed by atoms with Gasteiger partial charge in [-0.3, -0.25) is 4.57 Å². The Labute approximate surface area is 123 Å². The summed E-state index contributed by atoms with van der Waals surface area (Å²) in [5.74, 6) is 8.00. The number of fused-ring (bicyclic) bond motifs is 1. The number of nitrogens with zero attached hydrogens (tertiary/aromatic N) is 4. The Morgan fingerprint density at radius 2 is 1.95 bits per heavy atom. The van der Waals surface area contributed by atoms with Gasteiger partial charge in [-0.2, -0.15) is 0 Å². The van der Waals surface area contributed by atoms with Crippen molar-refractivity contribution in [1.82, 2.24) is 19.5 Å². The molecule has 0 aliphatic carbocycles. The number of nitrogens with two attached hydrogens (primary N) is 1. The van der Waals surface area contributed by atoms with Crippen molar-refractivity contribution < 1.29 is 0 Å². The summed E-state index contributed by atoms with van der Waals surface area (Å²) in [4.78, 5) is 13.6. The maximum atomic E-state index is 5.59. The number of nitrogens with one attached hydrogen (secondary N) is 1. The van der Waals surface area contributed by atoms with Gasteiger partial charge in [0.2, 0.25) is 0 Å². The highest BCUT2D eigenvalue weighted by molar-refractivity contribution is 5.77. The molecule has 0 aliphatic heterocycles. The number of aromatic nitrogens is 4. The lowest BCUT2D eigenvalue weighted by Gasteiger charge is -2.14. The van der Waals surface area contributed by atoms with Crippen LogP contribution in [0.25, 0.3) is 16.9 Å². The second-order valence-corrected chi connectivity index (χ2v) is 5.28. The summed E-state index contributed by atoms with van der Waals surface area (Å²) in [5, 5.41) is 0. The van der Waals surface area contributed by atoms with Gasteiger partial charge in [0.05, 0.1) is 11.0 Å². The van der Waals surface area contributed by atoms with E-state index in [4.69, 9.17) is 5.84 Å². The Bertz CT molecular complexity index is 790. The standard InChI is InChI=1S/C15H18N6/c1-9(2)13-18-14(20-16)10(3)15(19-13)21-8-17-11-6-4-5-7-12(11)21/h4-9H,16H2,1-3H3,(H,18,19,20). The van der Waals surface area contributed by atoms with E-state index in [9.17, 15) is 0 Å². The van der Waals surface area contributed by atoms with Gasteiger partial charge < -0.3 is 5.43 Å². The fourth-order valence-electron chi connectivity index (χ4n) is 2.28. The molecule has 6 heteroatoms. The van der Waals surface area contributed by atoms with Crippen LogP contribution in [0.4, 0.5) is 5.82 Å². The number of para-hydroxylation sites is 2. The Balaban J connectivity index is 2.28. The molecule has 0 fully saturated rings. The number of benzene rings is 1. The number of rotatable bonds is 3. The minimum absolute atomic E-state index is 0.214. The molecule has 0 aliphatic rings. The smallest absolute Gasteiger partial charge is 0.148 e. The van der Waals surface area contributed by atoms with Crippen LogP contribution < -0.4 is 11.3 Å². The molecule has 0 atom stereocenters. The second kappa shape index (κ2) is 5.14. The molecule has 0 unspecified atom stereocenters. The Morgan fingerprint density at radius 1 is 1.19 bits per heavy atom. The molecule has 2 heterocycles. The highest BCUT2D eigenvalue weighted by Crippen LogP contribution is 2.24. The van der Waals surface area contributed by atoms with Gasteiger partial charge in [0.1, 0.15) is 23.8 Å². The fourth-order valence-corrected chi connectivity index (χ4v) is 2.28. The van der Waals surface area contributed by atoms with Crippen LogP contribution >= 0.6 is 0 Å². The van der Waals surface area contributed by atoms with Crippen LogP contribution in [-0.4, -0.2) is 19.5 Å². The molecule has 0 saturated carbocycles. The fraction of sp³-hybridized carbons (Fsp3) is 0.267. The number of hydrazine groups is 1. The summed E-state index contributed by atoms with van der Waals surface area (Å²) in [6.45, 7) is 6.06. The SMILES string of the molecule is Cc1c(NN)nc(C(C)C)nc1-n1cnc2ccccc21. The first-order valence-electron chi connectivity index (χ1n) is 6.89. The third-order valence-electron chi connectivity index (χ3n) is 3.47. The van der Waals surface area contributed by atoms with Crippen LogP contribution in [0.5, 0.6) is 0 Å². The van der Waals surface area contributed by atoms with Gasteiger partial charge in [0, 0.05) is 11.5 Å². The lowest BCUT2D eigenvalue weighted by atomic mass is 10.2. The average Bonchev–Trinajstić information content (AvgIpc) is 2.91. The number of hydrogen-bond acceptors (Lipinski definition) is 5. The average molecular weight is 282 g/mol. The molecule has 3 rings (SSSR count). The third kappa shape index (κ3) is 2.23. The molecule has 21 heavy (non-hydrogen) atoms. The summed E-state index contributed by atoms with van der Waals surface area (Å²) in [6, 6.07) is 7.96. The van der Waals surface area contributed by atoms with Crippen LogP contribution in [0.15, 0.2) is 30.6 Å². The third-order valence-corrected chi connectivity index (χ3v) is 3.47. The predicted octanol–water partition coefficient (Wildman–Crippen LogP) is 2.53. The van der Waals surface area contributed by atoms with Crippen molar-refractivity contribution in [3.8, 4) is 5.82 Å². The van der Waals surface area contributed by atoms with Gasteiger partial charge in [-0.15, -0.1) is 0 Å². The van der Waals surface area contributed by atoms with Gasteiger partial charge >= 0.3 is 0 Å². The Morgan fingerprint density at radius 3 is 2.67 bits per heavy atom. The lowest BCUT2D eigenvalue weighted by molar-refractivity contribution is 0.761. The van der Waals surface area contributed by atoms with Crippen LogP contribution in [0, 0.1) is 6.92 Å². The van der Waals surface area contributed by atoms with Gasteiger partial charge in [-0.05, 0) is 19.1 Å². The largest absolute Gasteiger partial charge is 0.308 e. The van der Waals surface area contributed by atoms with E-state index in [0.29, 0.717) is 5.82 Å². The number of imidazole rings is 1. The molecule has 3 N–H and O–H groups in total. The second-order valence-electron chi connectivity index (χ2n) is 5.28. The first kappa shape index (κ1) is 13.5. The Kier molecular flexibility index (Phi) is 3.31. The molecule has 0 spiro atoms. The summed E-state index contributed by atoms with van der Waals surface area (Å²) < 4.78 is 1.97. The quantitative estimate of drug-likeness (QED) is 0.570. The van der Waals surface area contributed by atoms with Gasteiger partial charge in [0.15, 0.2) is 0 Å². The molecule has 0 radical (unpaired) electrons. The lowest BCUT2D eigenvalue weighted by Crippen LogP contribution is -2.15. The topological polar surface area (TPSA) is 81.6 Å². The predicted molar refractivity (Wildman–Crippen MR) is 83.3 cm³/mol. The minimum atomic E-state index is 0.214. The first-order valence-corrected chi connectivity index (χ1v) is 6.89. The zero-order valence-corrected chi connectivity index (χ0v) is 12.3. The molecule has 2 aromatic heterocycles. The zero-order chi connectivity index (χ0) is 15.0. The van der Waals surface area contributed by atoms with Crippen molar-refractivity contribution in [2.75, 3.05) is 5.43 Å². The van der Waals surface area contributed by atoms with E-state index in [1.165, 1.54) is 0 Å². The van der Waals surface area contributed by atoms with Gasteiger partial charge in [-0.25, -0.2) is 20.8 Å². The molecule has 1 aromatic carbocycles. The highest BCUT2D eigenvalue weighted by Gasteiger charge is 2.15. The van der Waals surface area contributed by atoms with Crippen LogP contribution in [0.2, 0.25) is 0 Å². The monoisotopic (exact) mass is 282 g/mol. The normalized spacial score (nSPS) is 11.3. The van der Waals surface area contributed by atoms with E-state index in [0.717, 1.165) is 28.2 Å². The summed E-state index contributed by atoms with van der Waals surface area (Å²) in [5.41, 5.74) is 5.49. The van der Waals surface area contributed by atoms with Crippen molar-refractivity contribution in [2.24, 2.45) is 5.84 Å². The molecule has 0 amide bonds. The van der Waals surface area contributed by atoms with E-state index in [1.54, 1.807) is 6.33 Å². The maximum Gasteiger partial charge on any atom is 0.148 e. The summed E-state index contributed by atoms with van der Waals surface area (Å²) >= 11 is 0. The summed E-state index contributed by atoms with van der Waals surface area (Å²) in [7, 11) is 0. The van der Waals surface area contributed by atoms with E-state index in [-0.39, 0.29) is 5.92 Å². The molecule has 6 nitrogen and oxygen atoms in total. The van der Waals surface area contributed by atoms with Crippen molar-refractivity contribution in [3.05, 3.63) is 42.0 Å². The summed E-state index contributed by atoms with van der Waals surface area (Å²) in [6.07, 6.45) is 1.78. The van der Waals surface area contributed by atoms with Gasteiger partial charge in [0.25, 0.3) is 0 Å². The Hall–Kier alpha value is -2.47. The van der Waals surface area contributed by atoms with E-state index in [2.05, 4.69) is 34.2 Å². The van der Waals surface area contributed by atoms with E-state index >= 15 is 0 Å². The molecule has 0 bridgehead atoms. The highest BCUT2D eigenvalue weighted by atomic mass is 15.3. The van der Waals surface area contributed by atoms with Crippen molar-refractivity contribution in [1.29, 1.82) is 0 Å². The molecular formula is C15H18N6. The van der Waals surface area contributed by atoms with Crippen LogP contribution in [0.3, 0.4) is 0 Å². The van der Waals surface area contributed by atoms with Crippen LogP contribution in [0.1, 0.15) is 31.2 Å². The first-order chi connectivity index (χ1) is 10.1. The number of hydrogen-bond donors (Lipinski definition) is 2. The van der Waals surface area contributed by atoms with Crippen molar-refractivity contribution in [2.45, 2.75) is 26.7 Å². The number of anilines is 1. The maximum absolute atomic E-state index is 5.59. The van der Waals surface area contributed by atoms with E-state index in [1.807, 2.05) is 35.8 Å². The van der Waals surface area contributed by atoms with E-state index < -0.39 is 0 Å². The minimum Gasteiger partial charge on any atom is -0.308 e. The molecule has 108 valence electrons. The number of nitrogen functional groups attached to an aromatic ring is 1. The molecule has 0 saturated heterocycles. The molecular weight excluding hydrogens is 264 g/mol. The van der Waals surface area contributed by atoms with Crippen LogP contribution in [-0.2, 0) is 0 Å². The van der Waals surface area contributed by atoms with Crippen molar-refractivity contribution in [3.63, 3.8) is 0 Å². The molecule has 3 aromatic rings. The zero-order valence-electron chi connectivity index (χ0n) is 12.3. The van der Waals surface area contributed by atoms with Crippen molar-refractivity contribution >= 4 is 16.9 Å². The van der Waals surface area contributed by atoms with Gasteiger partial charge in [-0.1, -0.05) is 26.0 Å².